The van der Waals surface area contributed by atoms with Crippen molar-refractivity contribution in [2.24, 2.45) is 22.7 Å². The first kappa shape index (κ1) is 19.8. The van der Waals surface area contributed by atoms with E-state index in [0.717, 1.165) is 24.3 Å². The number of benzene rings is 1. The zero-order valence-corrected chi connectivity index (χ0v) is 18.8. The Morgan fingerprint density at radius 3 is 2.68 bits per heavy atom. The summed E-state index contributed by atoms with van der Waals surface area (Å²) >= 11 is 3.80. The first-order valence-electron chi connectivity index (χ1n) is 9.43. The Morgan fingerprint density at radius 2 is 1.96 bits per heavy atom. The van der Waals surface area contributed by atoms with Crippen LogP contribution in [0.1, 0.15) is 59.8 Å². The van der Waals surface area contributed by atoms with E-state index in [1.54, 1.807) is 0 Å². The first-order chi connectivity index (χ1) is 11.7. The molecule has 2 saturated carbocycles. The monoisotopic (exact) mass is 474 g/mol. The van der Waals surface area contributed by atoms with Crippen molar-refractivity contribution in [1.82, 2.24) is 0 Å². The number of hydrogen-bond donors (Lipinski definition) is 1. The highest BCUT2D eigenvalue weighted by Gasteiger charge is 2.57. The zero-order chi connectivity index (χ0) is 18.3. The molecule has 2 fully saturated rings. The van der Waals surface area contributed by atoms with Crippen LogP contribution < -0.4 is 3.07 Å². The predicted molar refractivity (Wildman–Crippen MR) is 114 cm³/mol. The molecule has 0 radical (unpaired) electrons. The van der Waals surface area contributed by atoms with Gasteiger partial charge >= 0.3 is 0 Å². The van der Waals surface area contributed by atoms with Gasteiger partial charge in [-0.05, 0) is 67.6 Å². The summed E-state index contributed by atoms with van der Waals surface area (Å²) < 4.78 is 5.33. The third-order valence-corrected chi connectivity index (χ3v) is 8.67. The fourth-order valence-electron chi connectivity index (χ4n) is 5.79. The smallest absolute Gasteiger partial charge is 0.192 e. The fraction of sp³-hybridized carbons (Fsp3) is 0.714. The van der Waals surface area contributed by atoms with Crippen LogP contribution in [0.5, 0.6) is 5.75 Å². The minimum absolute atomic E-state index is 0.230. The van der Waals surface area contributed by atoms with E-state index in [9.17, 15) is 5.11 Å². The third kappa shape index (κ3) is 3.86. The molecule has 4 heteroatoms. The molecule has 0 spiro atoms. The average molecular weight is 474 g/mol. The van der Waals surface area contributed by atoms with Crippen LogP contribution in [0.3, 0.4) is 0 Å². The molecule has 140 valence electrons. The molecule has 25 heavy (non-hydrogen) atoms. The molecule has 0 aliphatic heterocycles. The van der Waals surface area contributed by atoms with Crippen LogP contribution in [-0.2, 0) is 0 Å². The summed E-state index contributed by atoms with van der Waals surface area (Å²) in [6.45, 7) is 9.43. The molecule has 3 rings (SSSR count). The summed E-state index contributed by atoms with van der Waals surface area (Å²) in [5.41, 5.74) is 0.0539. The molecule has 0 bridgehead atoms. The molecule has 1 aromatic carbocycles. The molecule has 1 unspecified atom stereocenters. The van der Waals surface area contributed by atoms with Crippen LogP contribution in [0.25, 0.3) is 0 Å². The second kappa shape index (κ2) is 7.23. The van der Waals surface area contributed by atoms with Crippen molar-refractivity contribution >= 4 is 34.8 Å². The Kier molecular flexibility index (Phi) is 5.73. The molecule has 0 amide bonds. The van der Waals surface area contributed by atoms with E-state index in [0.29, 0.717) is 17.3 Å². The second-order valence-corrected chi connectivity index (χ2v) is 10.7. The van der Waals surface area contributed by atoms with Crippen molar-refractivity contribution in [3.63, 3.8) is 0 Å². The highest BCUT2D eigenvalue weighted by Crippen LogP contribution is 2.62. The van der Waals surface area contributed by atoms with Crippen molar-refractivity contribution in [1.29, 1.82) is 0 Å². The topological polar surface area (TPSA) is 29.5 Å². The van der Waals surface area contributed by atoms with E-state index in [-0.39, 0.29) is 5.41 Å². The van der Waals surface area contributed by atoms with Gasteiger partial charge in [0, 0.05) is 16.6 Å². The van der Waals surface area contributed by atoms with Crippen LogP contribution in [0.2, 0.25) is 0 Å². The number of hydrogen-bond acceptors (Lipinski definition) is 3. The summed E-state index contributed by atoms with van der Waals surface area (Å²) in [6.07, 6.45) is 5.95. The molecule has 4 atom stereocenters. The van der Waals surface area contributed by atoms with Crippen molar-refractivity contribution in [2.75, 3.05) is 5.75 Å². The third-order valence-electron chi connectivity index (χ3n) is 7.07. The van der Waals surface area contributed by atoms with Crippen LogP contribution in [0.4, 0.5) is 0 Å². The Morgan fingerprint density at radius 1 is 1.20 bits per heavy atom. The maximum atomic E-state index is 11.2. The van der Waals surface area contributed by atoms with Crippen molar-refractivity contribution in [3.05, 3.63) is 24.3 Å². The molecular formula is C21H31IO2S. The standard InChI is InChI=1S/C21H31IO2S/c1-19(2)10-6-11-20(3)17(19)9-12-21(4,23)18(20)14-25-16-8-5-7-15(13-16)24-22/h5,7-8,13,17-18,23H,6,9-12,14H2,1-4H3/t17-,18?,20-,21+/m0/s1. The maximum Gasteiger partial charge on any atom is 0.192 e. The van der Waals surface area contributed by atoms with Gasteiger partial charge in [0.2, 0.25) is 0 Å². The molecule has 2 aliphatic rings. The van der Waals surface area contributed by atoms with Gasteiger partial charge in [0.25, 0.3) is 0 Å². The van der Waals surface area contributed by atoms with E-state index in [2.05, 4.69) is 39.8 Å². The Hall–Kier alpha value is 0.0600. The van der Waals surface area contributed by atoms with E-state index >= 15 is 0 Å². The van der Waals surface area contributed by atoms with Crippen LogP contribution in [-0.4, -0.2) is 16.5 Å². The lowest BCUT2D eigenvalue weighted by atomic mass is 9.46. The molecule has 2 aliphatic carbocycles. The summed E-state index contributed by atoms with van der Waals surface area (Å²) in [6, 6.07) is 8.27. The largest absolute Gasteiger partial charge is 0.428 e. The number of thioether (sulfide) groups is 1. The lowest BCUT2D eigenvalue weighted by Gasteiger charge is -2.61. The molecule has 2 nitrogen and oxygen atoms in total. The van der Waals surface area contributed by atoms with E-state index in [4.69, 9.17) is 3.07 Å². The van der Waals surface area contributed by atoms with Gasteiger partial charge in [-0.25, -0.2) is 0 Å². The lowest BCUT2D eigenvalue weighted by Crippen LogP contribution is -2.58. The molecule has 1 N–H and O–H groups in total. The van der Waals surface area contributed by atoms with Gasteiger partial charge in [0.15, 0.2) is 23.0 Å². The van der Waals surface area contributed by atoms with Crippen LogP contribution in [0, 0.1) is 22.7 Å². The Balaban J connectivity index is 1.83. The van der Waals surface area contributed by atoms with Gasteiger partial charge < -0.3 is 8.17 Å². The average Bonchev–Trinajstić information content (AvgIpc) is 2.53. The molecule has 0 aromatic heterocycles. The van der Waals surface area contributed by atoms with E-state index < -0.39 is 5.60 Å². The number of aliphatic hydroxyl groups is 1. The van der Waals surface area contributed by atoms with Crippen LogP contribution in [0.15, 0.2) is 29.2 Å². The summed E-state index contributed by atoms with van der Waals surface area (Å²) in [5.74, 6) is 2.90. The normalized spacial score (nSPS) is 37.4. The minimum atomic E-state index is -0.566. The molecular weight excluding hydrogens is 443 g/mol. The van der Waals surface area contributed by atoms with Crippen molar-refractivity contribution < 1.29 is 8.17 Å². The first-order valence-corrected chi connectivity index (χ1v) is 11.3. The van der Waals surface area contributed by atoms with Gasteiger partial charge in [-0.1, -0.05) is 33.3 Å². The number of rotatable bonds is 4. The van der Waals surface area contributed by atoms with Gasteiger partial charge in [0.05, 0.1) is 5.60 Å². The minimum Gasteiger partial charge on any atom is -0.428 e. The van der Waals surface area contributed by atoms with Gasteiger partial charge in [0.1, 0.15) is 5.75 Å². The van der Waals surface area contributed by atoms with E-state index in [1.165, 1.54) is 24.2 Å². The lowest BCUT2D eigenvalue weighted by molar-refractivity contribution is -0.158. The SMILES string of the molecule is CC1(C)CCC[C@]2(C)C(CSc3cccc(OI)c3)[C@](C)(O)CC[C@@H]12. The molecule has 0 heterocycles. The van der Waals surface area contributed by atoms with E-state index in [1.807, 2.05) is 46.9 Å². The Labute approximate surface area is 171 Å². The van der Waals surface area contributed by atoms with Crippen LogP contribution >= 0.6 is 34.8 Å². The summed E-state index contributed by atoms with van der Waals surface area (Å²) in [5, 5.41) is 11.2. The maximum absolute atomic E-state index is 11.2. The number of fused-ring (bicyclic) bond motifs is 1. The Bertz CT molecular complexity index is 616. The highest BCUT2D eigenvalue weighted by atomic mass is 127. The quantitative estimate of drug-likeness (QED) is 0.399. The predicted octanol–water partition coefficient (Wildman–Crippen LogP) is 6.50. The van der Waals surface area contributed by atoms with Gasteiger partial charge in [-0.2, -0.15) is 0 Å². The number of halogens is 1. The molecule has 0 saturated heterocycles. The molecule has 1 aromatic rings. The summed E-state index contributed by atoms with van der Waals surface area (Å²) in [7, 11) is 0. The summed E-state index contributed by atoms with van der Waals surface area (Å²) in [4.78, 5) is 1.23. The second-order valence-electron chi connectivity index (χ2n) is 9.21. The van der Waals surface area contributed by atoms with Crippen molar-refractivity contribution in [3.8, 4) is 5.75 Å². The van der Waals surface area contributed by atoms with Crippen molar-refractivity contribution in [2.45, 2.75) is 70.3 Å². The fourth-order valence-corrected chi connectivity index (χ4v) is 7.53. The highest BCUT2D eigenvalue weighted by molar-refractivity contribution is 14.1. The van der Waals surface area contributed by atoms with Gasteiger partial charge in [-0.3, -0.25) is 0 Å². The zero-order valence-electron chi connectivity index (χ0n) is 15.8. The van der Waals surface area contributed by atoms with Gasteiger partial charge in [-0.15, -0.1) is 11.8 Å².